The van der Waals surface area contributed by atoms with Crippen LogP contribution in [0.5, 0.6) is 5.75 Å². The molecule has 0 unspecified atom stereocenters. The second-order valence-corrected chi connectivity index (χ2v) is 10.4. The van der Waals surface area contributed by atoms with Gasteiger partial charge in [0.25, 0.3) is 0 Å². The van der Waals surface area contributed by atoms with Crippen LogP contribution in [0.15, 0.2) is 54.2 Å². The van der Waals surface area contributed by atoms with E-state index in [9.17, 15) is 14.4 Å². The summed E-state index contributed by atoms with van der Waals surface area (Å²) < 4.78 is 22.0. The first kappa shape index (κ1) is 29.5. The Bertz CT molecular complexity index is 1200. The van der Waals surface area contributed by atoms with Gasteiger partial charge in [0, 0.05) is 37.6 Å². The van der Waals surface area contributed by atoms with E-state index in [-0.39, 0.29) is 24.9 Å². The molecule has 1 amide bonds. The second kappa shape index (κ2) is 13.2. The molecule has 1 aliphatic heterocycles. The highest BCUT2D eigenvalue weighted by atomic mass is 16.6. The van der Waals surface area contributed by atoms with Crippen molar-refractivity contribution in [3.05, 3.63) is 65.4 Å². The minimum Gasteiger partial charge on any atom is -0.487 e. The van der Waals surface area contributed by atoms with E-state index < -0.39 is 17.7 Å². The molecule has 0 radical (unpaired) electrons. The molecule has 2 aromatic rings. The summed E-state index contributed by atoms with van der Waals surface area (Å²) in [5, 5.41) is 3.38. The third-order valence-electron chi connectivity index (χ3n) is 5.96. The van der Waals surface area contributed by atoms with Gasteiger partial charge in [-0.3, -0.25) is 14.5 Å². The number of allylic oxidation sites excluding steroid dienone is 2. The number of nitrogens with one attached hydrogen (secondary N) is 1. The number of amides is 1. The number of ether oxygens (including phenoxy) is 4. The topological polar surface area (TPSA) is 103 Å². The van der Waals surface area contributed by atoms with Gasteiger partial charge in [0.2, 0.25) is 0 Å². The molecule has 3 rings (SSSR count). The average molecular weight is 539 g/mol. The molecule has 9 heteroatoms. The molecule has 0 fully saturated rings. The fourth-order valence-electron chi connectivity index (χ4n) is 4.14. The van der Waals surface area contributed by atoms with Crippen LogP contribution in [0.4, 0.5) is 16.2 Å². The Kier molecular flexibility index (Phi) is 9.98. The predicted molar refractivity (Wildman–Crippen MR) is 149 cm³/mol. The summed E-state index contributed by atoms with van der Waals surface area (Å²) in [4.78, 5) is 37.8. The number of methoxy groups -OCH3 is 1. The first-order chi connectivity index (χ1) is 18.5. The second-order valence-electron chi connectivity index (χ2n) is 10.4. The van der Waals surface area contributed by atoms with E-state index in [2.05, 4.69) is 5.32 Å². The zero-order valence-corrected chi connectivity index (χ0v) is 23.5. The van der Waals surface area contributed by atoms with Crippen LogP contribution in [0, 0.1) is 0 Å². The fourth-order valence-corrected chi connectivity index (χ4v) is 4.14. The Morgan fingerprint density at radius 2 is 1.82 bits per heavy atom. The van der Waals surface area contributed by atoms with Crippen LogP contribution >= 0.6 is 0 Å². The lowest BCUT2D eigenvalue weighted by atomic mass is 10.0. The third kappa shape index (κ3) is 8.77. The number of esters is 2. The molecule has 0 saturated carbocycles. The van der Waals surface area contributed by atoms with Gasteiger partial charge in [-0.25, -0.2) is 4.79 Å². The maximum atomic E-state index is 13.2. The summed E-state index contributed by atoms with van der Waals surface area (Å²) in [5.74, 6) is -0.374. The lowest BCUT2D eigenvalue weighted by molar-refractivity contribution is -0.142. The minimum atomic E-state index is -0.675. The van der Waals surface area contributed by atoms with Crippen molar-refractivity contribution < 1.29 is 33.3 Å². The molecule has 0 aliphatic carbocycles. The van der Waals surface area contributed by atoms with Crippen molar-refractivity contribution in [3.63, 3.8) is 0 Å². The molecule has 0 saturated heterocycles. The van der Waals surface area contributed by atoms with Crippen molar-refractivity contribution in [1.82, 2.24) is 0 Å². The zero-order chi connectivity index (χ0) is 28.6. The Hall–Kier alpha value is -4.01. The quantitative estimate of drug-likeness (QED) is 0.293. The number of nitrogens with zero attached hydrogens (tertiary/aromatic N) is 1. The van der Waals surface area contributed by atoms with Crippen molar-refractivity contribution in [2.24, 2.45) is 0 Å². The lowest BCUT2D eigenvalue weighted by Gasteiger charge is -2.25. The summed E-state index contributed by atoms with van der Waals surface area (Å²) in [5.41, 5.74) is 3.30. The van der Waals surface area contributed by atoms with Crippen LogP contribution in [0.1, 0.15) is 64.5 Å². The third-order valence-corrected chi connectivity index (χ3v) is 5.96. The first-order valence-corrected chi connectivity index (χ1v) is 13.0. The molecule has 0 aromatic heterocycles. The van der Waals surface area contributed by atoms with E-state index in [1.54, 1.807) is 4.90 Å². The average Bonchev–Trinajstić information content (AvgIpc) is 3.23. The zero-order valence-electron chi connectivity index (χ0n) is 23.5. The van der Waals surface area contributed by atoms with E-state index >= 15 is 0 Å². The van der Waals surface area contributed by atoms with Gasteiger partial charge < -0.3 is 24.3 Å². The standard InChI is InChI=1S/C30H38N2O7/c1-20(11-10-14-28(34)36-6)31-25-15-24-23(19-37-21(2)33)17-32(29(35)39-30(3,4)5)26(24)16-27(25)38-18-22-12-8-7-9-13-22/h7-9,11-13,15-16,23,31H,10,14,17-19H2,1-6H3/b20-11+/t23-/m0/s1. The van der Waals surface area contributed by atoms with Gasteiger partial charge in [-0.1, -0.05) is 36.4 Å². The van der Waals surface area contributed by atoms with E-state index in [4.69, 9.17) is 18.9 Å². The number of hydrogen-bond donors (Lipinski definition) is 1. The summed E-state index contributed by atoms with van der Waals surface area (Å²) >= 11 is 0. The fraction of sp³-hybridized carbons (Fsp3) is 0.433. The van der Waals surface area contributed by atoms with Crippen LogP contribution in [-0.4, -0.2) is 43.9 Å². The number of carbonyl (C=O) groups excluding carboxylic acids is 3. The summed E-state index contributed by atoms with van der Waals surface area (Å²) in [6.07, 6.45) is 2.21. The van der Waals surface area contributed by atoms with E-state index in [0.717, 1.165) is 16.8 Å². The van der Waals surface area contributed by atoms with E-state index in [1.807, 2.05) is 76.2 Å². The van der Waals surface area contributed by atoms with Crippen LogP contribution in [0.3, 0.4) is 0 Å². The van der Waals surface area contributed by atoms with Gasteiger partial charge >= 0.3 is 18.0 Å². The monoisotopic (exact) mass is 538 g/mol. The molecular weight excluding hydrogens is 500 g/mol. The van der Waals surface area contributed by atoms with Crippen molar-refractivity contribution in [3.8, 4) is 5.75 Å². The normalized spacial score (nSPS) is 14.9. The molecule has 1 atom stereocenters. The maximum Gasteiger partial charge on any atom is 0.414 e. The molecule has 9 nitrogen and oxygen atoms in total. The highest BCUT2D eigenvalue weighted by Gasteiger charge is 2.37. The Morgan fingerprint density at radius 3 is 2.46 bits per heavy atom. The molecule has 1 N–H and O–H groups in total. The maximum absolute atomic E-state index is 13.2. The first-order valence-electron chi connectivity index (χ1n) is 13.0. The summed E-state index contributed by atoms with van der Waals surface area (Å²) in [6.45, 7) is 9.44. The molecule has 1 aliphatic rings. The minimum absolute atomic E-state index is 0.124. The van der Waals surface area contributed by atoms with E-state index in [0.29, 0.717) is 36.7 Å². The van der Waals surface area contributed by atoms with Crippen molar-refractivity contribution in [2.75, 3.05) is 30.5 Å². The Labute approximate surface area is 230 Å². The summed E-state index contributed by atoms with van der Waals surface area (Å²) in [6, 6.07) is 13.5. The number of hydrogen-bond acceptors (Lipinski definition) is 8. The van der Waals surface area contributed by atoms with Gasteiger partial charge in [0.15, 0.2) is 0 Å². The summed E-state index contributed by atoms with van der Waals surface area (Å²) in [7, 11) is 1.37. The van der Waals surface area contributed by atoms with Crippen LogP contribution < -0.4 is 15.0 Å². The lowest BCUT2D eigenvalue weighted by Crippen LogP contribution is -2.36. The molecule has 0 bridgehead atoms. The van der Waals surface area contributed by atoms with Crippen LogP contribution in [0.2, 0.25) is 0 Å². The predicted octanol–water partition coefficient (Wildman–Crippen LogP) is 5.94. The largest absolute Gasteiger partial charge is 0.487 e. The number of benzene rings is 2. The molecule has 210 valence electrons. The van der Waals surface area contributed by atoms with Crippen molar-refractivity contribution in [1.29, 1.82) is 0 Å². The van der Waals surface area contributed by atoms with Gasteiger partial charge in [-0.15, -0.1) is 0 Å². The van der Waals surface area contributed by atoms with Gasteiger partial charge in [-0.05, 0) is 51.3 Å². The number of anilines is 2. The molecule has 0 spiro atoms. The number of fused-ring (bicyclic) bond motifs is 1. The highest BCUT2D eigenvalue weighted by molar-refractivity contribution is 5.92. The van der Waals surface area contributed by atoms with Gasteiger partial charge in [-0.2, -0.15) is 0 Å². The van der Waals surface area contributed by atoms with Crippen LogP contribution in [-0.2, 0) is 30.4 Å². The Balaban J connectivity index is 1.98. The van der Waals surface area contributed by atoms with Crippen molar-refractivity contribution >= 4 is 29.4 Å². The van der Waals surface area contributed by atoms with Crippen LogP contribution in [0.25, 0.3) is 0 Å². The highest BCUT2D eigenvalue weighted by Crippen LogP contribution is 2.44. The number of rotatable bonds is 10. The van der Waals surface area contributed by atoms with Crippen molar-refractivity contribution in [2.45, 2.75) is 65.6 Å². The molecule has 2 aromatic carbocycles. The van der Waals surface area contributed by atoms with E-state index in [1.165, 1.54) is 14.0 Å². The molecule has 39 heavy (non-hydrogen) atoms. The van der Waals surface area contributed by atoms with Gasteiger partial charge in [0.1, 0.15) is 18.0 Å². The number of carbonyl (C=O) groups is 3. The smallest absolute Gasteiger partial charge is 0.414 e. The van der Waals surface area contributed by atoms with Gasteiger partial charge in [0.05, 0.1) is 25.1 Å². The SMILES string of the molecule is COC(=O)CC/C=C(\C)Nc1cc2c(cc1OCc1ccccc1)N(C(=O)OC(C)(C)C)C[C@H]2COC(C)=O. The molecule has 1 heterocycles. The molecular formula is C30H38N2O7. The Morgan fingerprint density at radius 1 is 1.10 bits per heavy atom.